The first-order valence-electron chi connectivity index (χ1n) is 10.9. The predicted octanol–water partition coefficient (Wildman–Crippen LogP) is 1.36. The fraction of sp³-hybridized carbons (Fsp3) is 0.545. The van der Waals surface area contributed by atoms with Crippen LogP contribution in [-0.4, -0.2) is 66.0 Å². The van der Waals surface area contributed by atoms with Crippen LogP contribution in [0.5, 0.6) is 0 Å². The lowest BCUT2D eigenvalue weighted by atomic mass is 9.82. The summed E-state index contributed by atoms with van der Waals surface area (Å²) in [5.41, 5.74) is 3.37. The van der Waals surface area contributed by atoms with Gasteiger partial charge in [-0.15, -0.1) is 0 Å². The van der Waals surface area contributed by atoms with Crippen LogP contribution in [0.2, 0.25) is 0 Å². The second kappa shape index (κ2) is 8.94. The normalized spacial score (nSPS) is 21.5. The molecule has 1 aromatic carbocycles. The highest BCUT2D eigenvalue weighted by Gasteiger charge is 2.52. The van der Waals surface area contributed by atoms with Crippen LogP contribution < -0.4 is 15.6 Å². The number of nitrogens with one attached hydrogen (secondary N) is 2. The van der Waals surface area contributed by atoms with Gasteiger partial charge in [0.15, 0.2) is 0 Å². The molecule has 1 aliphatic carbocycles. The van der Waals surface area contributed by atoms with E-state index < -0.39 is 11.6 Å². The molecule has 164 valence electrons. The van der Waals surface area contributed by atoms with Crippen LogP contribution in [-0.2, 0) is 9.59 Å². The van der Waals surface area contributed by atoms with Crippen LogP contribution >= 0.6 is 0 Å². The third-order valence-electron chi connectivity index (χ3n) is 6.42. The van der Waals surface area contributed by atoms with Crippen molar-refractivity contribution in [1.82, 2.24) is 20.7 Å². The second-order valence-electron chi connectivity index (χ2n) is 8.52. The van der Waals surface area contributed by atoms with Crippen molar-refractivity contribution in [2.75, 3.05) is 37.6 Å². The largest absolute Gasteiger partial charge is 0.370 e. The maximum Gasteiger partial charge on any atom is 0.344 e. The van der Waals surface area contributed by atoms with Gasteiger partial charge in [-0.2, -0.15) is 10.3 Å². The Labute approximate surface area is 181 Å². The Hall–Kier alpha value is -3.12. The second-order valence-corrected chi connectivity index (χ2v) is 8.52. The molecule has 0 radical (unpaired) electrons. The van der Waals surface area contributed by atoms with Crippen molar-refractivity contribution in [2.24, 2.45) is 0 Å². The summed E-state index contributed by atoms with van der Waals surface area (Å²) in [5, 5.41) is 12.6. The van der Waals surface area contributed by atoms with Gasteiger partial charge < -0.3 is 10.2 Å². The van der Waals surface area contributed by atoms with Gasteiger partial charge in [0, 0.05) is 31.9 Å². The molecule has 31 heavy (non-hydrogen) atoms. The predicted molar refractivity (Wildman–Crippen MR) is 114 cm³/mol. The van der Waals surface area contributed by atoms with Gasteiger partial charge >= 0.3 is 6.03 Å². The van der Waals surface area contributed by atoms with Crippen LogP contribution in [0.15, 0.2) is 24.3 Å². The number of carbonyl (C=O) groups excluding carboxylic acids is 3. The zero-order chi connectivity index (χ0) is 21.8. The number of anilines is 1. The minimum absolute atomic E-state index is 0.130. The molecule has 4 rings (SSSR count). The van der Waals surface area contributed by atoms with Crippen LogP contribution in [0.25, 0.3) is 0 Å². The summed E-state index contributed by atoms with van der Waals surface area (Å²) >= 11 is 0. The van der Waals surface area contributed by atoms with Crippen LogP contribution in [0, 0.1) is 11.3 Å². The van der Waals surface area contributed by atoms with E-state index in [4.69, 9.17) is 5.26 Å². The SMILES string of the molecule is N#Cc1ccc(N2CCCN(CC(=O)NN3C(=O)NC4(CCCCC4)C3=O)CC2)cc1. The fourth-order valence-electron chi connectivity index (χ4n) is 4.71. The molecule has 0 unspecified atom stereocenters. The number of hydrogen-bond donors (Lipinski definition) is 2. The molecule has 4 amide bonds. The standard InChI is InChI=1S/C22H28N6O3/c23-15-17-5-7-18(8-6-17)27-12-4-11-26(13-14-27)16-19(29)25-28-20(30)22(24-21(28)31)9-2-1-3-10-22/h5-8H,1-4,9-14,16H2,(H,24,31)(H,25,29). The highest BCUT2D eigenvalue weighted by molar-refractivity contribution is 6.08. The number of benzene rings is 1. The van der Waals surface area contributed by atoms with E-state index >= 15 is 0 Å². The molecular formula is C22H28N6O3. The zero-order valence-corrected chi connectivity index (χ0v) is 17.6. The van der Waals surface area contributed by atoms with Gasteiger partial charge in [-0.1, -0.05) is 19.3 Å². The number of nitrogens with zero attached hydrogens (tertiary/aromatic N) is 4. The Morgan fingerprint density at radius 2 is 1.77 bits per heavy atom. The molecule has 1 saturated carbocycles. The molecule has 9 nitrogen and oxygen atoms in total. The van der Waals surface area contributed by atoms with Crippen molar-refractivity contribution in [3.8, 4) is 6.07 Å². The lowest BCUT2D eigenvalue weighted by Gasteiger charge is -2.30. The molecule has 0 bridgehead atoms. The van der Waals surface area contributed by atoms with Gasteiger partial charge in [-0.3, -0.25) is 19.9 Å². The van der Waals surface area contributed by atoms with Crippen molar-refractivity contribution in [3.63, 3.8) is 0 Å². The summed E-state index contributed by atoms with van der Waals surface area (Å²) in [4.78, 5) is 42.0. The van der Waals surface area contributed by atoms with Crippen molar-refractivity contribution in [2.45, 2.75) is 44.1 Å². The van der Waals surface area contributed by atoms with Crippen LogP contribution in [0.3, 0.4) is 0 Å². The van der Waals surface area contributed by atoms with E-state index in [1.807, 2.05) is 29.2 Å². The monoisotopic (exact) mass is 424 g/mol. The highest BCUT2D eigenvalue weighted by Crippen LogP contribution is 2.33. The van der Waals surface area contributed by atoms with Gasteiger partial charge in [0.2, 0.25) is 0 Å². The number of rotatable bonds is 4. The maximum atomic E-state index is 12.8. The first-order valence-corrected chi connectivity index (χ1v) is 10.9. The van der Waals surface area contributed by atoms with E-state index in [-0.39, 0.29) is 18.4 Å². The van der Waals surface area contributed by atoms with Gasteiger partial charge in [-0.05, 0) is 43.5 Å². The fourth-order valence-corrected chi connectivity index (χ4v) is 4.71. The lowest BCUT2D eigenvalue weighted by molar-refractivity contribution is -0.140. The number of carbonyl (C=O) groups is 3. The minimum atomic E-state index is -0.840. The van der Waals surface area contributed by atoms with Crippen LogP contribution in [0.4, 0.5) is 10.5 Å². The molecule has 2 aliphatic heterocycles. The molecule has 2 heterocycles. The molecule has 3 fully saturated rings. The van der Waals surface area contributed by atoms with E-state index in [0.29, 0.717) is 24.9 Å². The number of imide groups is 1. The zero-order valence-electron chi connectivity index (χ0n) is 17.6. The van der Waals surface area contributed by atoms with E-state index in [9.17, 15) is 14.4 Å². The average Bonchev–Trinajstić information content (AvgIpc) is 2.94. The molecular weight excluding hydrogens is 396 g/mol. The maximum absolute atomic E-state index is 12.8. The van der Waals surface area contributed by atoms with Crippen molar-refractivity contribution in [3.05, 3.63) is 29.8 Å². The van der Waals surface area contributed by atoms with Crippen molar-refractivity contribution >= 4 is 23.5 Å². The molecule has 1 aromatic rings. The highest BCUT2D eigenvalue weighted by atomic mass is 16.2. The van der Waals surface area contributed by atoms with Gasteiger partial charge in [0.1, 0.15) is 5.54 Å². The Bertz CT molecular complexity index is 888. The number of hydrogen-bond acceptors (Lipinski definition) is 6. The van der Waals surface area contributed by atoms with Gasteiger partial charge in [-0.25, -0.2) is 4.79 Å². The average molecular weight is 425 g/mol. The Morgan fingerprint density at radius 1 is 1.03 bits per heavy atom. The summed E-state index contributed by atoms with van der Waals surface area (Å²) in [5.74, 6) is -0.698. The third kappa shape index (κ3) is 4.49. The molecule has 9 heteroatoms. The number of urea groups is 1. The number of hydrazine groups is 1. The van der Waals surface area contributed by atoms with Crippen LogP contribution in [0.1, 0.15) is 44.1 Å². The van der Waals surface area contributed by atoms with Crippen molar-refractivity contribution in [1.29, 1.82) is 5.26 Å². The topological polar surface area (TPSA) is 109 Å². The minimum Gasteiger partial charge on any atom is -0.370 e. The number of nitriles is 1. The van der Waals surface area contributed by atoms with E-state index in [0.717, 1.165) is 56.0 Å². The van der Waals surface area contributed by atoms with Gasteiger partial charge in [0.05, 0.1) is 18.2 Å². The van der Waals surface area contributed by atoms with Crippen molar-refractivity contribution < 1.29 is 14.4 Å². The summed E-state index contributed by atoms with van der Waals surface area (Å²) in [6.45, 7) is 3.19. The molecule has 0 aromatic heterocycles. The summed E-state index contributed by atoms with van der Waals surface area (Å²) in [6.07, 6.45) is 5.00. The molecule has 3 aliphatic rings. The van der Waals surface area contributed by atoms with Gasteiger partial charge in [0.25, 0.3) is 11.8 Å². The third-order valence-corrected chi connectivity index (χ3v) is 6.42. The number of amides is 4. The first kappa shape index (κ1) is 21.1. The Morgan fingerprint density at radius 3 is 2.48 bits per heavy atom. The van der Waals surface area contributed by atoms with E-state index in [1.54, 1.807) is 0 Å². The smallest absolute Gasteiger partial charge is 0.344 e. The lowest BCUT2D eigenvalue weighted by Crippen LogP contribution is -2.52. The summed E-state index contributed by atoms with van der Waals surface area (Å²) < 4.78 is 0. The molecule has 1 spiro atoms. The first-order chi connectivity index (χ1) is 15.0. The Kier molecular flexibility index (Phi) is 6.09. The summed E-state index contributed by atoms with van der Waals surface area (Å²) in [7, 11) is 0. The molecule has 2 saturated heterocycles. The van der Waals surface area contributed by atoms with E-state index in [1.165, 1.54) is 0 Å². The summed E-state index contributed by atoms with van der Waals surface area (Å²) in [6, 6.07) is 9.09. The quantitative estimate of drug-likeness (QED) is 0.707. The van der Waals surface area contributed by atoms with E-state index in [2.05, 4.69) is 21.7 Å². The molecule has 0 atom stereocenters. The molecule has 2 N–H and O–H groups in total. The Balaban J connectivity index is 1.30.